The van der Waals surface area contributed by atoms with Crippen LogP contribution in [-0.2, 0) is 0 Å². The van der Waals surface area contributed by atoms with Crippen LogP contribution in [0.5, 0.6) is 11.5 Å². The molecule has 3 aromatic rings. The summed E-state index contributed by atoms with van der Waals surface area (Å²) in [6.45, 7) is 0. The molecule has 0 bridgehead atoms. The Kier molecular flexibility index (Phi) is 9.54. The molecular weight excluding hydrogens is 462 g/mol. The lowest BCUT2D eigenvalue weighted by Gasteiger charge is -2.02. The van der Waals surface area contributed by atoms with E-state index in [-0.39, 0.29) is 0 Å². The molecule has 36 heavy (non-hydrogen) atoms. The molecule has 11 heteroatoms. The van der Waals surface area contributed by atoms with Gasteiger partial charge in [0, 0.05) is 11.1 Å². The third-order valence-electron chi connectivity index (χ3n) is 4.63. The fraction of sp³-hybridized carbons (Fsp3) is 0.0800. The van der Waals surface area contributed by atoms with Crippen LogP contribution in [0.25, 0.3) is 0 Å². The highest BCUT2D eigenvalue weighted by Gasteiger charge is 2.03. The van der Waals surface area contributed by atoms with Gasteiger partial charge in [0.25, 0.3) is 0 Å². The number of rotatable bonds is 10. The van der Waals surface area contributed by atoms with E-state index >= 15 is 0 Å². The Bertz CT molecular complexity index is 1210. The van der Waals surface area contributed by atoms with E-state index in [1.54, 1.807) is 80.9 Å². The summed E-state index contributed by atoms with van der Waals surface area (Å²) >= 11 is 0. The van der Waals surface area contributed by atoms with Crippen molar-refractivity contribution in [2.75, 3.05) is 14.2 Å². The van der Waals surface area contributed by atoms with Gasteiger partial charge in [0.05, 0.1) is 50.5 Å². The Morgan fingerprint density at radius 2 is 1.08 bits per heavy atom. The molecule has 0 spiro atoms. The molecule has 3 rings (SSSR count). The first-order valence-electron chi connectivity index (χ1n) is 10.5. The molecular formula is C25H23N7O4. The van der Waals surface area contributed by atoms with Gasteiger partial charge in [-0.05, 0) is 60.7 Å². The van der Waals surface area contributed by atoms with Crippen LogP contribution >= 0.6 is 0 Å². The van der Waals surface area contributed by atoms with Gasteiger partial charge in [-0.1, -0.05) is 16.4 Å². The maximum atomic E-state index is 8.95. The Labute approximate surface area is 207 Å². The smallest absolute Gasteiger partial charge is 0.118 e. The first-order valence-corrected chi connectivity index (χ1v) is 10.5. The summed E-state index contributed by atoms with van der Waals surface area (Å²) in [7, 11) is 3.15. The van der Waals surface area contributed by atoms with Gasteiger partial charge in [-0.25, -0.2) is 4.98 Å². The first kappa shape index (κ1) is 25.4. The van der Waals surface area contributed by atoms with Crippen LogP contribution in [-0.4, -0.2) is 65.9 Å². The predicted molar refractivity (Wildman–Crippen MR) is 139 cm³/mol. The van der Waals surface area contributed by atoms with Crippen LogP contribution in [0.2, 0.25) is 0 Å². The van der Waals surface area contributed by atoms with Gasteiger partial charge in [-0.3, -0.25) is 0 Å². The lowest BCUT2D eigenvalue weighted by atomic mass is 10.1. The molecule has 0 atom stereocenters. The van der Waals surface area contributed by atoms with E-state index in [0.717, 1.165) is 0 Å². The van der Waals surface area contributed by atoms with Crippen molar-refractivity contribution in [1.29, 1.82) is 0 Å². The molecule has 0 saturated carbocycles. The van der Waals surface area contributed by atoms with Crippen molar-refractivity contribution < 1.29 is 19.9 Å². The Hall–Kier alpha value is -5.19. The summed E-state index contributed by atoms with van der Waals surface area (Å²) in [5.41, 5.74) is 3.12. The predicted octanol–water partition coefficient (Wildman–Crippen LogP) is 3.67. The van der Waals surface area contributed by atoms with Crippen molar-refractivity contribution in [2.45, 2.75) is 0 Å². The molecule has 1 aromatic heterocycles. The monoisotopic (exact) mass is 485 g/mol. The minimum Gasteiger partial charge on any atom is -0.497 e. The van der Waals surface area contributed by atoms with Gasteiger partial charge < -0.3 is 19.9 Å². The molecule has 0 radical (unpaired) electrons. The van der Waals surface area contributed by atoms with Crippen molar-refractivity contribution in [1.82, 2.24) is 4.98 Å². The number of pyridine rings is 1. The molecule has 0 aliphatic rings. The minimum absolute atomic E-state index is 0.347. The maximum Gasteiger partial charge on any atom is 0.118 e. The lowest BCUT2D eigenvalue weighted by Crippen LogP contribution is -2.02. The second-order valence-electron chi connectivity index (χ2n) is 6.89. The minimum atomic E-state index is 0.347. The number of nitrogens with zero attached hydrogens (tertiary/aromatic N) is 7. The number of hydrogen-bond donors (Lipinski definition) is 2. The first-order chi connectivity index (χ1) is 17.7. The van der Waals surface area contributed by atoms with Crippen LogP contribution in [0.4, 0.5) is 0 Å². The average molecular weight is 486 g/mol. The van der Waals surface area contributed by atoms with Gasteiger partial charge in [0.2, 0.25) is 0 Å². The quantitative estimate of drug-likeness (QED) is 0.256. The molecule has 2 N–H and O–H groups in total. The van der Waals surface area contributed by atoms with E-state index in [1.165, 1.54) is 24.9 Å². The van der Waals surface area contributed by atoms with Crippen molar-refractivity contribution in [3.63, 3.8) is 0 Å². The van der Waals surface area contributed by atoms with Crippen molar-refractivity contribution in [3.05, 3.63) is 89.2 Å². The molecule has 0 aliphatic carbocycles. The van der Waals surface area contributed by atoms with E-state index in [2.05, 4.69) is 35.7 Å². The van der Waals surface area contributed by atoms with Gasteiger partial charge in [-0.2, -0.15) is 10.2 Å². The fourth-order valence-electron chi connectivity index (χ4n) is 2.86. The third-order valence-corrected chi connectivity index (χ3v) is 4.63. The topological polar surface area (TPSA) is 146 Å². The summed E-state index contributed by atoms with van der Waals surface area (Å²) in [6, 6.07) is 19.4. The number of ether oxygens (including phenoxy) is 2. The van der Waals surface area contributed by atoms with E-state index < -0.39 is 0 Å². The van der Waals surface area contributed by atoms with Crippen molar-refractivity contribution >= 4 is 36.3 Å². The number of methoxy groups -OCH3 is 2. The zero-order valence-corrected chi connectivity index (χ0v) is 19.5. The summed E-state index contributed by atoms with van der Waals surface area (Å²) in [6.07, 6.45) is 5.28. The summed E-state index contributed by atoms with van der Waals surface area (Å²) in [5.74, 6) is 1.38. The van der Waals surface area contributed by atoms with Crippen LogP contribution < -0.4 is 9.47 Å². The normalized spacial score (nSPS) is 12.8. The molecule has 1 heterocycles. The van der Waals surface area contributed by atoms with Crippen molar-refractivity contribution in [3.8, 4) is 11.5 Å². The molecule has 0 amide bonds. The van der Waals surface area contributed by atoms with Crippen molar-refractivity contribution in [2.24, 2.45) is 30.7 Å². The Balaban J connectivity index is 1.76. The van der Waals surface area contributed by atoms with Crippen LogP contribution in [0.15, 0.2) is 97.4 Å². The van der Waals surface area contributed by atoms with E-state index in [1.807, 2.05) is 0 Å². The van der Waals surface area contributed by atoms with E-state index in [0.29, 0.717) is 45.4 Å². The Morgan fingerprint density at radius 3 is 1.44 bits per heavy atom. The number of benzene rings is 2. The van der Waals surface area contributed by atoms with Crippen LogP contribution in [0.3, 0.4) is 0 Å². The second-order valence-corrected chi connectivity index (χ2v) is 6.89. The van der Waals surface area contributed by atoms with E-state index in [4.69, 9.17) is 19.9 Å². The summed E-state index contributed by atoms with van der Waals surface area (Å²) in [4.78, 5) is 4.41. The highest BCUT2D eigenvalue weighted by atomic mass is 16.5. The number of aromatic nitrogens is 1. The molecule has 0 unspecified atom stereocenters. The highest BCUT2D eigenvalue weighted by molar-refractivity contribution is 6.38. The maximum absolute atomic E-state index is 8.95. The lowest BCUT2D eigenvalue weighted by molar-refractivity contribution is 0.322. The molecule has 0 fully saturated rings. The van der Waals surface area contributed by atoms with Crippen LogP contribution in [0.1, 0.15) is 22.5 Å². The average Bonchev–Trinajstić information content (AvgIpc) is 2.92. The molecule has 0 aliphatic heterocycles. The Morgan fingerprint density at radius 1 is 0.667 bits per heavy atom. The molecule has 2 aromatic carbocycles. The second kappa shape index (κ2) is 13.5. The SMILES string of the molecule is COc1ccc(C(/C=N/O)=N/N=C/c2cccc(/C=N/N=C(\C=N\O)c3ccc(OC)cc3)n2)cc1. The molecule has 0 saturated heterocycles. The van der Waals surface area contributed by atoms with Gasteiger partial charge in [0.1, 0.15) is 22.9 Å². The summed E-state index contributed by atoms with van der Waals surface area (Å²) in [5, 5.41) is 40.3. The van der Waals surface area contributed by atoms with Crippen LogP contribution in [0, 0.1) is 0 Å². The van der Waals surface area contributed by atoms with Gasteiger partial charge in [0.15, 0.2) is 0 Å². The van der Waals surface area contributed by atoms with Gasteiger partial charge >= 0.3 is 0 Å². The number of hydrogen-bond acceptors (Lipinski definition) is 11. The van der Waals surface area contributed by atoms with Gasteiger partial charge in [-0.15, -0.1) is 10.2 Å². The largest absolute Gasteiger partial charge is 0.497 e. The highest BCUT2D eigenvalue weighted by Crippen LogP contribution is 2.13. The zero-order valence-electron chi connectivity index (χ0n) is 19.5. The summed E-state index contributed by atoms with van der Waals surface area (Å²) < 4.78 is 10.3. The fourth-order valence-corrected chi connectivity index (χ4v) is 2.86. The third kappa shape index (κ3) is 7.42. The zero-order chi connectivity index (χ0) is 25.6. The molecule has 182 valence electrons. The van der Waals surface area contributed by atoms with E-state index in [9.17, 15) is 0 Å². The standard InChI is InChI=1S/C25H23N7O4/c1-35-22-10-6-18(7-11-22)24(16-28-33)31-26-14-20-4-3-5-21(30-20)15-27-32-25(17-29-34)19-8-12-23(36-2)13-9-19/h3-17,33-34H,1-2H3/b26-14+,27-15+,28-16+,29-17+,31-24+,32-25+. The molecule has 11 nitrogen and oxygen atoms in total. The number of oxime groups is 2.